The number of hydrogen-bond acceptors (Lipinski definition) is 5. The molecule has 0 saturated carbocycles. The molecule has 0 bridgehead atoms. The monoisotopic (exact) mass is 186 g/mol. The Morgan fingerprint density at radius 1 is 1.67 bits per heavy atom. The summed E-state index contributed by atoms with van der Waals surface area (Å²) in [5.74, 6) is -0.0289. The number of hydrogen-bond donors (Lipinski definition) is 2. The Hall–Kier alpha value is -1.50. The lowest BCUT2D eigenvalue weighted by molar-refractivity contribution is 0.846. The van der Waals surface area contributed by atoms with Crippen LogP contribution in [0.15, 0.2) is 9.97 Å². The largest absolute Gasteiger partial charge is 0.383 e. The summed E-state index contributed by atoms with van der Waals surface area (Å²) in [6, 6.07) is 0. The van der Waals surface area contributed by atoms with Gasteiger partial charge in [-0.25, -0.2) is 0 Å². The van der Waals surface area contributed by atoms with Gasteiger partial charge in [0.1, 0.15) is 5.82 Å². The number of H-pyrrole nitrogens is 1. The van der Waals surface area contributed by atoms with Crippen molar-refractivity contribution in [2.24, 2.45) is 12.2 Å². The van der Waals surface area contributed by atoms with E-state index in [9.17, 15) is 9.70 Å². The van der Waals surface area contributed by atoms with Crippen molar-refractivity contribution in [1.82, 2.24) is 9.55 Å². The predicted molar refractivity (Wildman–Crippen MR) is 46.7 cm³/mol. The van der Waals surface area contributed by atoms with Crippen LogP contribution in [0.25, 0.3) is 0 Å². The summed E-state index contributed by atoms with van der Waals surface area (Å²) < 4.78 is 1.46. The van der Waals surface area contributed by atoms with Crippen LogP contribution in [0.3, 0.4) is 0 Å². The molecule has 0 saturated heterocycles. The number of rotatable bonds is 1. The molecule has 6 nitrogen and oxygen atoms in total. The number of anilines is 1. The molecule has 1 aromatic rings. The van der Waals surface area contributed by atoms with Crippen LogP contribution in [0, 0.1) is 9.68 Å². The first-order valence-corrected chi connectivity index (χ1v) is 3.41. The molecule has 0 atom stereocenters. The van der Waals surface area contributed by atoms with Gasteiger partial charge in [0.15, 0.2) is 4.77 Å². The van der Waals surface area contributed by atoms with Crippen LogP contribution in [0.4, 0.5) is 11.5 Å². The zero-order valence-electron chi connectivity index (χ0n) is 6.20. The van der Waals surface area contributed by atoms with Gasteiger partial charge in [-0.05, 0) is 17.4 Å². The van der Waals surface area contributed by atoms with Crippen molar-refractivity contribution in [3.63, 3.8) is 0 Å². The van der Waals surface area contributed by atoms with Crippen molar-refractivity contribution in [3.8, 4) is 0 Å². The van der Waals surface area contributed by atoms with Crippen LogP contribution < -0.4 is 11.3 Å². The maximum atomic E-state index is 10.9. The van der Waals surface area contributed by atoms with E-state index in [2.05, 4.69) is 10.2 Å². The molecule has 1 aromatic heterocycles. The van der Waals surface area contributed by atoms with E-state index < -0.39 is 5.56 Å². The van der Waals surface area contributed by atoms with Crippen molar-refractivity contribution in [2.75, 3.05) is 5.73 Å². The van der Waals surface area contributed by atoms with E-state index in [-0.39, 0.29) is 16.3 Å². The number of nitrogens with one attached hydrogen (secondary N) is 1. The van der Waals surface area contributed by atoms with Crippen molar-refractivity contribution in [2.45, 2.75) is 0 Å². The van der Waals surface area contributed by atoms with Crippen LogP contribution in [-0.2, 0) is 7.05 Å². The summed E-state index contributed by atoms with van der Waals surface area (Å²) in [4.78, 5) is 23.3. The molecular formula is C5H6N4O2S. The molecule has 0 aromatic carbocycles. The second kappa shape index (κ2) is 2.86. The van der Waals surface area contributed by atoms with Gasteiger partial charge in [-0.3, -0.25) is 9.78 Å². The van der Waals surface area contributed by atoms with Crippen LogP contribution >= 0.6 is 12.2 Å². The molecule has 1 rings (SSSR count). The van der Waals surface area contributed by atoms with Crippen LogP contribution in [0.1, 0.15) is 0 Å². The predicted octanol–water partition coefficient (Wildman–Crippen LogP) is 0.423. The molecule has 0 radical (unpaired) electrons. The Morgan fingerprint density at radius 3 is 2.75 bits per heavy atom. The second-order valence-corrected chi connectivity index (χ2v) is 2.53. The molecule has 0 spiro atoms. The molecule has 0 unspecified atom stereocenters. The standard InChI is InChI=1S/C5H6N4O2S/c1-9-3(6)2(8-11)4(10)7-5(9)12/h6H2,1H3,(H,7,10,12). The zero-order chi connectivity index (χ0) is 9.30. The van der Waals surface area contributed by atoms with Gasteiger partial charge < -0.3 is 10.3 Å². The molecule has 1 heterocycles. The van der Waals surface area contributed by atoms with Gasteiger partial charge in [0.2, 0.25) is 5.69 Å². The molecule has 0 aliphatic carbocycles. The number of aromatic nitrogens is 2. The lowest BCUT2D eigenvalue weighted by atomic mass is 10.5. The van der Waals surface area contributed by atoms with E-state index in [0.29, 0.717) is 0 Å². The number of nitrogens with two attached hydrogens (primary N) is 1. The summed E-state index contributed by atoms with van der Waals surface area (Å²) in [5, 5.41) is 2.49. The Balaban J connectivity index is 3.74. The maximum absolute atomic E-state index is 10.9. The number of nitrogen functional groups attached to an aromatic ring is 1. The van der Waals surface area contributed by atoms with E-state index in [1.807, 2.05) is 0 Å². The van der Waals surface area contributed by atoms with Gasteiger partial charge in [0.05, 0.1) is 0 Å². The van der Waals surface area contributed by atoms with Gasteiger partial charge in [-0.1, -0.05) is 0 Å². The van der Waals surface area contributed by atoms with Crippen LogP contribution in [0.5, 0.6) is 0 Å². The summed E-state index contributed by atoms with van der Waals surface area (Å²) in [7, 11) is 1.53. The minimum absolute atomic E-state index is 0.0289. The van der Waals surface area contributed by atoms with Gasteiger partial charge in [-0.2, -0.15) is 0 Å². The number of nitroso groups, excluding NO2 is 1. The van der Waals surface area contributed by atoms with Crippen LogP contribution in [0.2, 0.25) is 0 Å². The average Bonchev–Trinajstić information content (AvgIpc) is 2.01. The van der Waals surface area contributed by atoms with Gasteiger partial charge in [0, 0.05) is 7.05 Å². The third-order valence-electron chi connectivity index (χ3n) is 1.44. The summed E-state index contributed by atoms with van der Waals surface area (Å²) in [6.45, 7) is 0. The highest BCUT2D eigenvalue weighted by molar-refractivity contribution is 7.71. The van der Waals surface area contributed by atoms with E-state index in [4.69, 9.17) is 18.0 Å². The fourth-order valence-corrected chi connectivity index (χ4v) is 0.904. The second-order valence-electron chi connectivity index (χ2n) is 2.14. The van der Waals surface area contributed by atoms with E-state index >= 15 is 0 Å². The molecule has 64 valence electrons. The molecule has 3 N–H and O–H groups in total. The topological polar surface area (TPSA) is 93.2 Å². The molecule has 12 heavy (non-hydrogen) atoms. The summed E-state index contributed by atoms with van der Waals surface area (Å²) in [5.41, 5.74) is 4.37. The molecule has 0 amide bonds. The Bertz CT molecular complexity index is 432. The highest BCUT2D eigenvalue weighted by atomic mass is 32.1. The highest BCUT2D eigenvalue weighted by Gasteiger charge is 2.07. The number of aromatic amines is 1. The van der Waals surface area contributed by atoms with E-state index in [0.717, 1.165) is 0 Å². The number of nitrogens with zero attached hydrogens (tertiary/aromatic N) is 2. The third kappa shape index (κ3) is 1.14. The molecule has 0 fully saturated rings. The van der Waals surface area contributed by atoms with Crippen molar-refractivity contribution in [3.05, 3.63) is 20.0 Å². The minimum Gasteiger partial charge on any atom is -0.383 e. The van der Waals surface area contributed by atoms with E-state index in [1.165, 1.54) is 11.6 Å². The van der Waals surface area contributed by atoms with Crippen molar-refractivity contribution in [1.29, 1.82) is 0 Å². The zero-order valence-corrected chi connectivity index (χ0v) is 7.01. The first-order valence-electron chi connectivity index (χ1n) is 3.00. The van der Waals surface area contributed by atoms with Crippen LogP contribution in [-0.4, -0.2) is 9.55 Å². The molecule has 0 aliphatic heterocycles. The van der Waals surface area contributed by atoms with Gasteiger partial charge in [0.25, 0.3) is 5.56 Å². The lowest BCUT2D eigenvalue weighted by Crippen LogP contribution is -2.15. The maximum Gasteiger partial charge on any atom is 0.283 e. The summed E-state index contributed by atoms with van der Waals surface area (Å²) in [6.07, 6.45) is 0. The summed E-state index contributed by atoms with van der Waals surface area (Å²) >= 11 is 4.72. The molecular weight excluding hydrogens is 180 g/mol. The van der Waals surface area contributed by atoms with Crippen molar-refractivity contribution < 1.29 is 0 Å². The van der Waals surface area contributed by atoms with Gasteiger partial charge >= 0.3 is 0 Å². The van der Waals surface area contributed by atoms with Gasteiger partial charge in [-0.15, -0.1) is 4.91 Å². The molecule has 7 heteroatoms. The Kier molecular flexibility index (Phi) is 2.05. The minimum atomic E-state index is -0.661. The molecule has 0 aliphatic rings. The fourth-order valence-electron chi connectivity index (χ4n) is 0.713. The lowest BCUT2D eigenvalue weighted by Gasteiger charge is -2.03. The third-order valence-corrected chi connectivity index (χ3v) is 1.81. The Labute approximate surface area is 72.0 Å². The smallest absolute Gasteiger partial charge is 0.283 e. The average molecular weight is 186 g/mol. The van der Waals surface area contributed by atoms with E-state index in [1.54, 1.807) is 0 Å². The Morgan fingerprint density at radius 2 is 2.25 bits per heavy atom. The normalized spacial score (nSPS) is 9.75. The highest BCUT2D eigenvalue weighted by Crippen LogP contribution is 2.13. The first kappa shape index (κ1) is 8.60. The quantitative estimate of drug-likeness (QED) is 0.491. The first-order chi connectivity index (χ1) is 5.57. The van der Waals surface area contributed by atoms with Crippen molar-refractivity contribution >= 4 is 23.7 Å². The fraction of sp³-hybridized carbons (Fsp3) is 0.200. The SMILES string of the molecule is Cn1c(N)c(N=O)c(=O)[nH]c1=S.